The van der Waals surface area contributed by atoms with Crippen LogP contribution in [0.4, 0.5) is 4.79 Å². The van der Waals surface area contributed by atoms with E-state index in [0.717, 1.165) is 44.8 Å². The third kappa shape index (κ3) is 8.61. The van der Waals surface area contributed by atoms with Gasteiger partial charge >= 0.3 is 6.09 Å². The molecule has 2 fully saturated rings. The van der Waals surface area contributed by atoms with Gasteiger partial charge in [-0.25, -0.2) is 4.79 Å². The van der Waals surface area contributed by atoms with Gasteiger partial charge in [-0.05, 0) is 46.0 Å². The second-order valence-electron chi connectivity index (χ2n) is 10.0. The van der Waals surface area contributed by atoms with Crippen LogP contribution in [-0.4, -0.2) is 72.6 Å². The molecule has 2 rings (SSSR count). The van der Waals surface area contributed by atoms with Crippen LogP contribution in [0, 0.1) is 5.92 Å². The molecule has 0 aromatic heterocycles. The molecule has 2 aliphatic heterocycles. The van der Waals surface area contributed by atoms with Crippen molar-refractivity contribution in [3.63, 3.8) is 0 Å². The lowest BCUT2D eigenvalue weighted by Crippen LogP contribution is -2.57. The standard InChI is InChI=1S/C24H41N3O6/c1-5-17-12-13-27-20(17)21(29)25-18(15-28)11-9-7-6-8-10-14-32-16-19(22(27)30)26-23(31)33-24(2,3)4/h15,17-20H,5-14,16H2,1-4H3,(H,25,29)(H,26,31)/t17-,18-,19-,20-/m0/s1. The van der Waals surface area contributed by atoms with E-state index in [2.05, 4.69) is 10.6 Å². The van der Waals surface area contributed by atoms with Gasteiger partial charge in [-0.15, -0.1) is 0 Å². The number of hydrogen-bond acceptors (Lipinski definition) is 6. The maximum atomic E-state index is 13.5. The Kier molecular flexibility index (Phi) is 10.6. The SMILES string of the molecule is CC[C@H]1CCN2C(=O)[C@@H](NC(=O)OC(C)(C)C)COCCCCCCC[C@@H](C=O)NC(=O)[C@H]12. The number of hydrogen-bond donors (Lipinski definition) is 2. The molecule has 3 amide bonds. The molecule has 0 aromatic carbocycles. The number of carbonyl (C=O) groups excluding carboxylic acids is 4. The Hall–Kier alpha value is -2.16. The molecule has 0 bridgehead atoms. The molecular weight excluding hydrogens is 426 g/mol. The molecule has 2 heterocycles. The van der Waals surface area contributed by atoms with E-state index in [-0.39, 0.29) is 24.3 Å². The third-order valence-electron chi connectivity index (χ3n) is 6.17. The van der Waals surface area contributed by atoms with Crippen molar-refractivity contribution in [3.05, 3.63) is 0 Å². The van der Waals surface area contributed by atoms with Gasteiger partial charge in [0.2, 0.25) is 11.8 Å². The maximum absolute atomic E-state index is 13.5. The number of alkyl carbamates (subject to hydrolysis) is 1. The number of aldehydes is 1. The summed E-state index contributed by atoms with van der Waals surface area (Å²) in [5, 5.41) is 5.49. The van der Waals surface area contributed by atoms with Crippen LogP contribution in [0.1, 0.15) is 79.1 Å². The van der Waals surface area contributed by atoms with E-state index < -0.39 is 29.8 Å². The Morgan fingerprint density at radius 2 is 1.88 bits per heavy atom. The van der Waals surface area contributed by atoms with E-state index in [1.54, 1.807) is 20.8 Å². The van der Waals surface area contributed by atoms with Crippen molar-refractivity contribution in [2.45, 2.75) is 103 Å². The van der Waals surface area contributed by atoms with Crippen LogP contribution >= 0.6 is 0 Å². The largest absolute Gasteiger partial charge is 0.444 e. The molecule has 33 heavy (non-hydrogen) atoms. The molecule has 0 unspecified atom stereocenters. The summed E-state index contributed by atoms with van der Waals surface area (Å²) < 4.78 is 11.1. The van der Waals surface area contributed by atoms with Gasteiger partial charge in [0.1, 0.15) is 24.0 Å². The van der Waals surface area contributed by atoms with Crippen molar-refractivity contribution >= 4 is 24.2 Å². The van der Waals surface area contributed by atoms with E-state index in [0.29, 0.717) is 26.0 Å². The van der Waals surface area contributed by atoms with Crippen molar-refractivity contribution in [3.8, 4) is 0 Å². The second-order valence-corrected chi connectivity index (χ2v) is 10.0. The summed E-state index contributed by atoms with van der Waals surface area (Å²) in [5.74, 6) is -0.691. The Labute approximate surface area is 197 Å². The van der Waals surface area contributed by atoms with Crippen molar-refractivity contribution in [1.82, 2.24) is 15.5 Å². The summed E-state index contributed by atoms with van der Waals surface area (Å²) in [6.45, 7) is 8.14. The normalized spacial score (nSPS) is 28.5. The highest BCUT2D eigenvalue weighted by Crippen LogP contribution is 2.28. The number of nitrogens with zero attached hydrogens (tertiary/aromatic N) is 1. The van der Waals surface area contributed by atoms with Gasteiger partial charge in [-0.3, -0.25) is 9.59 Å². The van der Waals surface area contributed by atoms with E-state index in [1.165, 1.54) is 4.90 Å². The predicted molar refractivity (Wildman–Crippen MR) is 124 cm³/mol. The number of ether oxygens (including phenoxy) is 2. The summed E-state index contributed by atoms with van der Waals surface area (Å²) in [6.07, 6.45) is 6.76. The predicted octanol–water partition coefficient (Wildman–Crippen LogP) is 2.56. The maximum Gasteiger partial charge on any atom is 0.408 e. The average molecular weight is 468 g/mol. The van der Waals surface area contributed by atoms with E-state index in [1.807, 2.05) is 6.92 Å². The molecule has 2 aliphatic rings. The van der Waals surface area contributed by atoms with Crippen LogP contribution in [0.25, 0.3) is 0 Å². The zero-order valence-corrected chi connectivity index (χ0v) is 20.6. The number of nitrogens with one attached hydrogen (secondary N) is 2. The molecule has 0 spiro atoms. The summed E-state index contributed by atoms with van der Waals surface area (Å²) in [7, 11) is 0. The van der Waals surface area contributed by atoms with Gasteiger partial charge < -0.3 is 29.8 Å². The van der Waals surface area contributed by atoms with Gasteiger partial charge in [0, 0.05) is 13.2 Å². The Morgan fingerprint density at radius 1 is 1.18 bits per heavy atom. The van der Waals surface area contributed by atoms with E-state index in [9.17, 15) is 19.2 Å². The molecule has 0 radical (unpaired) electrons. The summed E-state index contributed by atoms with van der Waals surface area (Å²) in [4.78, 5) is 52.2. The molecule has 4 atom stereocenters. The van der Waals surface area contributed by atoms with Crippen molar-refractivity contribution in [2.75, 3.05) is 19.8 Å². The fourth-order valence-electron chi connectivity index (χ4n) is 4.45. The van der Waals surface area contributed by atoms with E-state index in [4.69, 9.17) is 9.47 Å². The van der Waals surface area contributed by atoms with Crippen LogP contribution < -0.4 is 10.6 Å². The van der Waals surface area contributed by atoms with Crippen LogP contribution in [0.15, 0.2) is 0 Å². The molecule has 9 nitrogen and oxygen atoms in total. The quantitative estimate of drug-likeness (QED) is 0.617. The molecule has 188 valence electrons. The average Bonchev–Trinajstić information content (AvgIpc) is 3.18. The first kappa shape index (κ1) is 27.1. The van der Waals surface area contributed by atoms with E-state index >= 15 is 0 Å². The molecule has 0 aliphatic carbocycles. The Morgan fingerprint density at radius 3 is 2.55 bits per heavy atom. The first-order valence-corrected chi connectivity index (χ1v) is 12.3. The highest BCUT2D eigenvalue weighted by Gasteiger charge is 2.43. The number of rotatable bonds is 3. The van der Waals surface area contributed by atoms with Gasteiger partial charge in [0.25, 0.3) is 0 Å². The Balaban J connectivity index is 2.24. The van der Waals surface area contributed by atoms with Crippen molar-refractivity contribution < 1.29 is 28.7 Å². The van der Waals surface area contributed by atoms with Gasteiger partial charge in [0.05, 0.1) is 12.6 Å². The lowest BCUT2D eigenvalue weighted by atomic mass is 9.96. The summed E-state index contributed by atoms with van der Waals surface area (Å²) in [5.41, 5.74) is -0.709. The lowest BCUT2D eigenvalue weighted by Gasteiger charge is -2.31. The van der Waals surface area contributed by atoms with Crippen LogP contribution in [-0.2, 0) is 23.9 Å². The van der Waals surface area contributed by atoms with Gasteiger partial charge in [0.15, 0.2) is 0 Å². The monoisotopic (exact) mass is 467 g/mol. The first-order valence-electron chi connectivity index (χ1n) is 12.3. The minimum Gasteiger partial charge on any atom is -0.444 e. The minimum absolute atomic E-state index is 0.0106. The fraction of sp³-hybridized carbons (Fsp3) is 0.833. The molecule has 9 heteroatoms. The molecule has 0 aromatic rings. The van der Waals surface area contributed by atoms with Gasteiger partial charge in [-0.1, -0.05) is 39.0 Å². The minimum atomic E-state index is -0.958. The summed E-state index contributed by atoms with van der Waals surface area (Å²) in [6, 6.07) is -2.19. The number of amides is 3. The molecule has 2 saturated heterocycles. The van der Waals surface area contributed by atoms with Crippen LogP contribution in [0.3, 0.4) is 0 Å². The van der Waals surface area contributed by atoms with Crippen molar-refractivity contribution in [1.29, 1.82) is 0 Å². The van der Waals surface area contributed by atoms with Crippen LogP contribution in [0.5, 0.6) is 0 Å². The lowest BCUT2D eigenvalue weighted by molar-refractivity contribution is -0.142. The first-order chi connectivity index (χ1) is 15.7. The zero-order valence-electron chi connectivity index (χ0n) is 20.6. The molecule has 2 N–H and O–H groups in total. The van der Waals surface area contributed by atoms with Gasteiger partial charge in [-0.2, -0.15) is 0 Å². The second kappa shape index (κ2) is 12.9. The smallest absolute Gasteiger partial charge is 0.408 e. The highest BCUT2D eigenvalue weighted by atomic mass is 16.6. The van der Waals surface area contributed by atoms with Crippen LogP contribution in [0.2, 0.25) is 0 Å². The molecular formula is C24H41N3O6. The number of carbonyl (C=O) groups is 4. The Bertz CT molecular complexity index is 678. The number of fused-ring (bicyclic) bond motifs is 1. The van der Waals surface area contributed by atoms with Crippen molar-refractivity contribution in [2.24, 2.45) is 5.92 Å². The fourth-order valence-corrected chi connectivity index (χ4v) is 4.45. The zero-order chi connectivity index (χ0) is 24.4. The summed E-state index contributed by atoms with van der Waals surface area (Å²) >= 11 is 0. The third-order valence-corrected chi connectivity index (χ3v) is 6.17. The molecule has 0 saturated carbocycles. The highest BCUT2D eigenvalue weighted by molar-refractivity contribution is 5.93. The topological polar surface area (TPSA) is 114 Å².